The summed E-state index contributed by atoms with van der Waals surface area (Å²) in [7, 11) is 1.15. The number of aromatic nitrogens is 1. The van der Waals surface area contributed by atoms with Crippen LogP contribution >= 0.6 is 0 Å². The monoisotopic (exact) mass is 297 g/mol. The molecule has 0 fully saturated rings. The molecule has 1 aromatic rings. The molecule has 9 nitrogen and oxygen atoms in total. The van der Waals surface area contributed by atoms with Crippen molar-refractivity contribution >= 4 is 23.6 Å². The fourth-order valence-electron chi connectivity index (χ4n) is 1.31. The van der Waals surface area contributed by atoms with E-state index in [9.17, 15) is 19.7 Å². The van der Waals surface area contributed by atoms with Crippen LogP contribution in [-0.2, 0) is 9.47 Å². The Bertz CT molecular complexity index is 579. The SMILES string of the molecule is COC(=O)c1ccc([N+](=O)[O-])c(NC(=O)OC(C)(C)C)n1. The van der Waals surface area contributed by atoms with Crippen molar-refractivity contribution in [3.8, 4) is 0 Å². The highest BCUT2D eigenvalue weighted by atomic mass is 16.6. The van der Waals surface area contributed by atoms with Crippen molar-refractivity contribution in [1.29, 1.82) is 0 Å². The fraction of sp³-hybridized carbons (Fsp3) is 0.417. The van der Waals surface area contributed by atoms with E-state index in [2.05, 4.69) is 15.0 Å². The zero-order chi connectivity index (χ0) is 16.2. The second-order valence-electron chi connectivity index (χ2n) is 4.94. The van der Waals surface area contributed by atoms with Gasteiger partial charge in [0, 0.05) is 6.07 Å². The van der Waals surface area contributed by atoms with Gasteiger partial charge >= 0.3 is 17.7 Å². The second-order valence-corrected chi connectivity index (χ2v) is 4.94. The molecule has 1 rings (SSSR count). The van der Waals surface area contributed by atoms with E-state index in [0.29, 0.717) is 0 Å². The Labute approximate surface area is 120 Å². The Morgan fingerprint density at radius 3 is 2.43 bits per heavy atom. The van der Waals surface area contributed by atoms with E-state index in [0.717, 1.165) is 19.2 Å². The minimum absolute atomic E-state index is 0.172. The van der Waals surface area contributed by atoms with Crippen molar-refractivity contribution < 1.29 is 24.0 Å². The Balaban J connectivity index is 3.09. The predicted molar refractivity (Wildman–Crippen MR) is 72.1 cm³/mol. The van der Waals surface area contributed by atoms with Crippen LogP contribution < -0.4 is 5.32 Å². The molecular weight excluding hydrogens is 282 g/mol. The normalized spacial score (nSPS) is 10.7. The summed E-state index contributed by atoms with van der Waals surface area (Å²) < 4.78 is 9.44. The van der Waals surface area contributed by atoms with E-state index in [4.69, 9.17) is 4.74 Å². The number of nitrogens with zero attached hydrogens (tertiary/aromatic N) is 2. The lowest BCUT2D eigenvalue weighted by Crippen LogP contribution is -2.28. The first-order chi connectivity index (χ1) is 9.64. The lowest BCUT2D eigenvalue weighted by molar-refractivity contribution is -0.384. The van der Waals surface area contributed by atoms with Gasteiger partial charge in [-0.05, 0) is 26.8 Å². The van der Waals surface area contributed by atoms with Crippen molar-refractivity contribution in [1.82, 2.24) is 4.98 Å². The first kappa shape index (κ1) is 16.3. The van der Waals surface area contributed by atoms with Crippen LogP contribution in [0, 0.1) is 10.1 Å². The van der Waals surface area contributed by atoms with Gasteiger partial charge in [0.2, 0.25) is 5.82 Å². The molecule has 9 heteroatoms. The second kappa shape index (κ2) is 6.16. The number of carbonyl (C=O) groups excluding carboxylic acids is 2. The van der Waals surface area contributed by atoms with Gasteiger partial charge in [-0.2, -0.15) is 0 Å². The molecule has 0 spiro atoms. The standard InChI is InChI=1S/C12H15N3O6/c1-12(2,3)21-11(17)14-9-8(15(18)19)6-5-7(13-9)10(16)20-4/h5-6H,1-4H3,(H,13,14,17). The molecule has 1 amide bonds. The third-order valence-corrected chi connectivity index (χ3v) is 2.08. The highest BCUT2D eigenvalue weighted by Gasteiger charge is 2.23. The van der Waals surface area contributed by atoms with Crippen LogP contribution in [0.5, 0.6) is 0 Å². The van der Waals surface area contributed by atoms with Crippen molar-refractivity contribution in [3.05, 3.63) is 27.9 Å². The minimum Gasteiger partial charge on any atom is -0.464 e. The number of nitro groups is 1. The molecule has 1 N–H and O–H groups in total. The Morgan fingerprint density at radius 1 is 1.33 bits per heavy atom. The maximum Gasteiger partial charge on any atom is 0.413 e. The molecule has 0 aliphatic rings. The summed E-state index contributed by atoms with van der Waals surface area (Å²) in [5.41, 5.74) is -1.42. The van der Waals surface area contributed by atoms with E-state index >= 15 is 0 Å². The Hall–Kier alpha value is -2.71. The van der Waals surface area contributed by atoms with Crippen molar-refractivity contribution in [2.24, 2.45) is 0 Å². The summed E-state index contributed by atoms with van der Waals surface area (Å²) in [6.07, 6.45) is -0.917. The third-order valence-electron chi connectivity index (χ3n) is 2.08. The van der Waals surface area contributed by atoms with Gasteiger partial charge in [0.25, 0.3) is 0 Å². The largest absolute Gasteiger partial charge is 0.464 e. The average Bonchev–Trinajstić information content (AvgIpc) is 2.34. The number of pyridine rings is 1. The number of anilines is 1. The van der Waals surface area contributed by atoms with E-state index in [1.54, 1.807) is 20.8 Å². The topological polar surface area (TPSA) is 121 Å². The van der Waals surface area contributed by atoms with Crippen LogP contribution in [0.2, 0.25) is 0 Å². The van der Waals surface area contributed by atoms with E-state index in [1.165, 1.54) is 0 Å². The number of hydrogen-bond acceptors (Lipinski definition) is 7. The van der Waals surface area contributed by atoms with Gasteiger partial charge in [-0.15, -0.1) is 0 Å². The quantitative estimate of drug-likeness (QED) is 0.515. The number of carbonyl (C=O) groups is 2. The summed E-state index contributed by atoms with van der Waals surface area (Å²) >= 11 is 0. The van der Waals surface area contributed by atoms with Gasteiger partial charge in [-0.3, -0.25) is 15.4 Å². The number of esters is 1. The Morgan fingerprint density at radius 2 is 1.95 bits per heavy atom. The van der Waals surface area contributed by atoms with Gasteiger partial charge in [0.1, 0.15) is 5.60 Å². The zero-order valence-electron chi connectivity index (χ0n) is 12.0. The number of nitrogens with one attached hydrogen (secondary N) is 1. The third kappa shape index (κ3) is 4.71. The van der Waals surface area contributed by atoms with Crippen LogP contribution in [0.4, 0.5) is 16.3 Å². The predicted octanol–water partition coefficient (Wildman–Crippen LogP) is 2.12. The summed E-state index contributed by atoms with van der Waals surface area (Å²) in [5, 5.41) is 13.0. The van der Waals surface area contributed by atoms with Crippen LogP contribution in [0.1, 0.15) is 31.3 Å². The molecule has 0 aliphatic carbocycles. The molecule has 0 aliphatic heterocycles. The first-order valence-electron chi connectivity index (χ1n) is 5.88. The number of amides is 1. The molecule has 0 saturated heterocycles. The molecule has 0 bridgehead atoms. The molecule has 114 valence electrons. The van der Waals surface area contributed by atoms with E-state index in [-0.39, 0.29) is 5.69 Å². The molecule has 1 heterocycles. The number of rotatable bonds is 3. The van der Waals surface area contributed by atoms with Gasteiger partial charge in [0.15, 0.2) is 5.69 Å². The molecule has 0 unspecified atom stereocenters. The maximum absolute atomic E-state index is 11.6. The highest BCUT2D eigenvalue weighted by Crippen LogP contribution is 2.23. The summed E-state index contributed by atoms with van der Waals surface area (Å²) in [4.78, 5) is 36.9. The van der Waals surface area contributed by atoms with Crippen molar-refractivity contribution in [3.63, 3.8) is 0 Å². The molecule has 1 aromatic heterocycles. The minimum atomic E-state index is -0.917. The highest BCUT2D eigenvalue weighted by molar-refractivity contribution is 5.91. The maximum atomic E-state index is 11.6. The smallest absolute Gasteiger partial charge is 0.413 e. The molecular formula is C12H15N3O6. The number of methoxy groups -OCH3 is 1. The van der Waals surface area contributed by atoms with Gasteiger partial charge in [-0.1, -0.05) is 0 Å². The average molecular weight is 297 g/mol. The Kier molecular flexibility index (Phi) is 4.79. The fourth-order valence-corrected chi connectivity index (χ4v) is 1.31. The van der Waals surface area contributed by atoms with Crippen molar-refractivity contribution in [2.45, 2.75) is 26.4 Å². The van der Waals surface area contributed by atoms with Gasteiger partial charge < -0.3 is 9.47 Å². The molecule has 0 radical (unpaired) electrons. The lowest BCUT2D eigenvalue weighted by atomic mass is 10.2. The van der Waals surface area contributed by atoms with Crippen LogP contribution in [0.25, 0.3) is 0 Å². The van der Waals surface area contributed by atoms with Crippen molar-refractivity contribution in [2.75, 3.05) is 12.4 Å². The summed E-state index contributed by atoms with van der Waals surface area (Å²) in [6, 6.07) is 2.18. The van der Waals surface area contributed by atoms with Gasteiger partial charge in [-0.25, -0.2) is 14.6 Å². The molecule has 0 saturated carbocycles. The summed E-state index contributed by atoms with van der Waals surface area (Å²) in [6.45, 7) is 4.91. The number of ether oxygens (including phenoxy) is 2. The first-order valence-corrected chi connectivity index (χ1v) is 5.88. The molecule has 21 heavy (non-hydrogen) atoms. The van der Waals surface area contributed by atoms with E-state index in [1.807, 2.05) is 0 Å². The van der Waals surface area contributed by atoms with Crippen LogP contribution in [0.3, 0.4) is 0 Å². The zero-order valence-corrected chi connectivity index (χ0v) is 12.0. The molecule has 0 atom stereocenters. The summed E-state index contributed by atoms with van der Waals surface area (Å²) in [5.74, 6) is -1.17. The molecule has 0 aromatic carbocycles. The van der Waals surface area contributed by atoms with E-state index < -0.39 is 34.1 Å². The van der Waals surface area contributed by atoms with Gasteiger partial charge in [0.05, 0.1) is 12.0 Å². The van der Waals surface area contributed by atoms with Crippen LogP contribution in [0.15, 0.2) is 12.1 Å². The lowest BCUT2D eigenvalue weighted by Gasteiger charge is -2.19. The number of hydrogen-bond donors (Lipinski definition) is 1. The van der Waals surface area contributed by atoms with Crippen LogP contribution in [-0.4, -0.2) is 34.7 Å².